The van der Waals surface area contributed by atoms with Crippen molar-refractivity contribution in [3.63, 3.8) is 0 Å². The third-order valence-electron chi connectivity index (χ3n) is 3.13. The molecule has 0 saturated carbocycles. The number of aliphatic hydroxyl groups is 1. The van der Waals surface area contributed by atoms with Crippen molar-refractivity contribution >= 4 is 11.6 Å². The van der Waals surface area contributed by atoms with E-state index in [0.717, 1.165) is 23.6 Å². The lowest BCUT2D eigenvalue weighted by atomic mass is 10.0. The van der Waals surface area contributed by atoms with Gasteiger partial charge in [-0.2, -0.15) is 0 Å². The largest absolute Gasteiger partial charge is 0.394 e. The fourth-order valence-electron chi connectivity index (χ4n) is 1.63. The minimum atomic E-state index is -0.344. The van der Waals surface area contributed by atoms with Crippen LogP contribution in [0.3, 0.4) is 0 Å². The highest BCUT2D eigenvalue weighted by Crippen LogP contribution is 2.27. The average molecular weight is 238 g/mol. The predicted molar refractivity (Wildman–Crippen MR) is 70.5 cm³/mol. The molecule has 5 nitrogen and oxygen atoms in total. The second-order valence-corrected chi connectivity index (χ2v) is 4.66. The number of hydrogen-bond acceptors (Lipinski definition) is 5. The molecule has 0 aliphatic carbocycles. The first-order chi connectivity index (χ1) is 7.97. The van der Waals surface area contributed by atoms with Crippen molar-refractivity contribution in [3.05, 3.63) is 11.9 Å². The van der Waals surface area contributed by atoms with Crippen molar-refractivity contribution in [3.8, 4) is 0 Å². The van der Waals surface area contributed by atoms with Crippen molar-refractivity contribution in [1.29, 1.82) is 0 Å². The Kier molecular flexibility index (Phi) is 4.28. The predicted octanol–water partition coefficient (Wildman–Crippen LogP) is 1.29. The topological polar surface area (TPSA) is 61.3 Å². The monoisotopic (exact) mass is 238 g/mol. The molecule has 2 N–H and O–H groups in total. The Bertz CT molecular complexity index is 379. The number of aromatic nitrogens is 2. The molecule has 0 atom stereocenters. The Morgan fingerprint density at radius 1 is 1.41 bits per heavy atom. The standard InChI is InChI=1S/C12H22N4O/c1-6-9-10(13-4)14-8-15-11(9)16(5)12(2,3)7-17/h8,17H,6-7H2,1-5H3,(H,13,14,15). The fourth-order valence-corrected chi connectivity index (χ4v) is 1.63. The molecule has 0 unspecified atom stereocenters. The molecule has 0 amide bonds. The Hall–Kier alpha value is -1.36. The van der Waals surface area contributed by atoms with E-state index in [4.69, 9.17) is 0 Å². The summed E-state index contributed by atoms with van der Waals surface area (Å²) in [7, 11) is 3.79. The van der Waals surface area contributed by atoms with Crippen LogP contribution >= 0.6 is 0 Å². The molecular formula is C12H22N4O. The Morgan fingerprint density at radius 2 is 2.06 bits per heavy atom. The first-order valence-corrected chi connectivity index (χ1v) is 5.84. The molecule has 0 saturated heterocycles. The van der Waals surface area contributed by atoms with Gasteiger partial charge < -0.3 is 15.3 Å². The van der Waals surface area contributed by atoms with Crippen LogP contribution in [0, 0.1) is 0 Å². The zero-order chi connectivity index (χ0) is 13.1. The van der Waals surface area contributed by atoms with Crippen LogP contribution in [0.4, 0.5) is 11.6 Å². The summed E-state index contributed by atoms with van der Waals surface area (Å²) < 4.78 is 0. The smallest absolute Gasteiger partial charge is 0.137 e. The molecule has 1 heterocycles. The van der Waals surface area contributed by atoms with Crippen LogP contribution in [0.25, 0.3) is 0 Å². The van der Waals surface area contributed by atoms with E-state index in [2.05, 4.69) is 22.2 Å². The first-order valence-electron chi connectivity index (χ1n) is 5.84. The van der Waals surface area contributed by atoms with Gasteiger partial charge in [-0.05, 0) is 20.3 Å². The summed E-state index contributed by atoms with van der Waals surface area (Å²) in [5.41, 5.74) is 0.725. The molecule has 0 bridgehead atoms. The van der Waals surface area contributed by atoms with Gasteiger partial charge in [-0.1, -0.05) is 6.92 Å². The summed E-state index contributed by atoms with van der Waals surface area (Å²) in [4.78, 5) is 10.5. The normalized spacial score (nSPS) is 11.4. The van der Waals surface area contributed by atoms with Gasteiger partial charge in [0.25, 0.3) is 0 Å². The third kappa shape index (κ3) is 2.66. The van der Waals surface area contributed by atoms with Crippen LogP contribution in [0.5, 0.6) is 0 Å². The zero-order valence-electron chi connectivity index (χ0n) is 11.3. The first kappa shape index (κ1) is 13.7. The highest BCUT2D eigenvalue weighted by atomic mass is 16.3. The van der Waals surface area contributed by atoms with Gasteiger partial charge in [-0.15, -0.1) is 0 Å². The highest BCUT2D eigenvalue weighted by molar-refractivity contribution is 5.59. The number of hydrogen-bond donors (Lipinski definition) is 2. The van der Waals surface area contributed by atoms with E-state index in [1.54, 1.807) is 6.33 Å². The average Bonchev–Trinajstić information content (AvgIpc) is 2.36. The maximum atomic E-state index is 9.42. The Labute approximate surface area is 103 Å². The number of likely N-dealkylation sites (N-methyl/N-ethyl adjacent to an activating group) is 1. The van der Waals surface area contributed by atoms with Crippen LogP contribution in [-0.4, -0.2) is 41.3 Å². The maximum Gasteiger partial charge on any atom is 0.137 e. The summed E-state index contributed by atoms with van der Waals surface area (Å²) in [6, 6.07) is 0. The van der Waals surface area contributed by atoms with Gasteiger partial charge in [-0.3, -0.25) is 0 Å². The van der Waals surface area contributed by atoms with E-state index in [9.17, 15) is 5.11 Å². The van der Waals surface area contributed by atoms with Crippen molar-refractivity contribution < 1.29 is 5.11 Å². The van der Waals surface area contributed by atoms with Crippen molar-refractivity contribution in [2.45, 2.75) is 32.7 Å². The lowest BCUT2D eigenvalue weighted by Crippen LogP contribution is -2.45. The second-order valence-electron chi connectivity index (χ2n) is 4.66. The van der Waals surface area contributed by atoms with Crippen LogP contribution in [0.2, 0.25) is 0 Å². The molecule has 1 rings (SSSR count). The Morgan fingerprint density at radius 3 is 2.53 bits per heavy atom. The summed E-state index contributed by atoms with van der Waals surface area (Å²) in [5, 5.41) is 12.5. The van der Waals surface area contributed by atoms with E-state index < -0.39 is 0 Å². The summed E-state index contributed by atoms with van der Waals surface area (Å²) in [6.07, 6.45) is 2.39. The molecule has 0 radical (unpaired) electrons. The number of nitrogens with zero attached hydrogens (tertiary/aromatic N) is 3. The fraction of sp³-hybridized carbons (Fsp3) is 0.667. The van der Waals surface area contributed by atoms with Crippen LogP contribution in [0.15, 0.2) is 6.33 Å². The van der Waals surface area contributed by atoms with Gasteiger partial charge in [0.1, 0.15) is 18.0 Å². The molecule has 0 aromatic carbocycles. The van der Waals surface area contributed by atoms with Crippen molar-refractivity contribution in [2.24, 2.45) is 0 Å². The molecule has 0 spiro atoms. The molecule has 96 valence electrons. The number of aliphatic hydroxyl groups excluding tert-OH is 1. The molecule has 1 aromatic heterocycles. The van der Waals surface area contributed by atoms with Crippen molar-refractivity contribution in [1.82, 2.24) is 9.97 Å². The second kappa shape index (κ2) is 5.31. The lowest BCUT2D eigenvalue weighted by molar-refractivity contribution is 0.215. The number of rotatable bonds is 5. The molecule has 0 aliphatic heterocycles. The van der Waals surface area contributed by atoms with Gasteiger partial charge in [0.05, 0.1) is 12.1 Å². The third-order valence-corrected chi connectivity index (χ3v) is 3.13. The molecule has 1 aromatic rings. The number of nitrogens with one attached hydrogen (secondary N) is 1. The van der Waals surface area contributed by atoms with Gasteiger partial charge in [0, 0.05) is 19.7 Å². The van der Waals surface area contributed by atoms with Crippen LogP contribution in [-0.2, 0) is 6.42 Å². The van der Waals surface area contributed by atoms with Crippen LogP contribution in [0.1, 0.15) is 26.3 Å². The van der Waals surface area contributed by atoms with Gasteiger partial charge in [-0.25, -0.2) is 9.97 Å². The zero-order valence-corrected chi connectivity index (χ0v) is 11.3. The molecule has 0 fully saturated rings. The molecular weight excluding hydrogens is 216 g/mol. The SMILES string of the molecule is CCc1c(NC)ncnc1N(C)C(C)(C)CO. The van der Waals surface area contributed by atoms with Gasteiger partial charge in [0.2, 0.25) is 0 Å². The van der Waals surface area contributed by atoms with E-state index in [1.165, 1.54) is 0 Å². The summed E-state index contributed by atoms with van der Waals surface area (Å²) >= 11 is 0. The minimum Gasteiger partial charge on any atom is -0.394 e. The Balaban J connectivity index is 3.22. The summed E-state index contributed by atoms with van der Waals surface area (Å²) in [6.45, 7) is 6.11. The van der Waals surface area contributed by atoms with E-state index >= 15 is 0 Å². The van der Waals surface area contributed by atoms with Gasteiger partial charge in [0.15, 0.2) is 0 Å². The van der Waals surface area contributed by atoms with Crippen molar-refractivity contribution in [2.75, 3.05) is 30.9 Å². The lowest BCUT2D eigenvalue weighted by Gasteiger charge is -2.36. The minimum absolute atomic E-state index is 0.0749. The number of anilines is 2. The quantitative estimate of drug-likeness (QED) is 0.809. The van der Waals surface area contributed by atoms with Gasteiger partial charge >= 0.3 is 0 Å². The van der Waals surface area contributed by atoms with Crippen LogP contribution < -0.4 is 10.2 Å². The highest BCUT2D eigenvalue weighted by Gasteiger charge is 2.26. The van der Waals surface area contributed by atoms with E-state index in [0.29, 0.717) is 0 Å². The summed E-state index contributed by atoms with van der Waals surface area (Å²) in [5.74, 6) is 1.71. The van der Waals surface area contributed by atoms with E-state index in [-0.39, 0.29) is 12.1 Å². The molecule has 17 heavy (non-hydrogen) atoms. The molecule has 0 aliphatic rings. The maximum absolute atomic E-state index is 9.42. The van der Waals surface area contributed by atoms with E-state index in [1.807, 2.05) is 32.8 Å². The molecule has 5 heteroatoms.